The summed E-state index contributed by atoms with van der Waals surface area (Å²) in [7, 11) is 0. The molecule has 0 aliphatic rings. The molecule has 88 valence electrons. The number of hydrogen-bond acceptors (Lipinski definition) is 6. The van der Waals surface area contributed by atoms with E-state index in [-0.39, 0.29) is 23.5 Å². The number of rotatable bonds is 4. The van der Waals surface area contributed by atoms with E-state index in [9.17, 15) is 10.1 Å². The van der Waals surface area contributed by atoms with Gasteiger partial charge in [-0.05, 0) is 12.8 Å². The molecule has 0 aliphatic heterocycles. The summed E-state index contributed by atoms with van der Waals surface area (Å²) in [5, 5.41) is 13.7. The normalized spacial score (nSPS) is 12.5. The fourth-order valence-electron chi connectivity index (χ4n) is 1.01. The van der Waals surface area contributed by atoms with E-state index in [2.05, 4.69) is 15.3 Å². The van der Waals surface area contributed by atoms with Crippen molar-refractivity contribution >= 4 is 17.5 Å². The Kier molecular flexibility index (Phi) is 3.60. The Balaban J connectivity index is 3.01. The number of nitrogen functional groups attached to an aromatic ring is 1. The van der Waals surface area contributed by atoms with Gasteiger partial charge in [0.05, 0.1) is 4.92 Å². The van der Waals surface area contributed by atoms with Gasteiger partial charge in [0.15, 0.2) is 0 Å². The van der Waals surface area contributed by atoms with Gasteiger partial charge in [-0.1, -0.05) is 13.8 Å². The van der Waals surface area contributed by atoms with Crippen molar-refractivity contribution in [3.63, 3.8) is 0 Å². The van der Waals surface area contributed by atoms with Gasteiger partial charge in [-0.3, -0.25) is 10.1 Å². The lowest BCUT2D eigenvalue weighted by molar-refractivity contribution is -0.384. The van der Waals surface area contributed by atoms with Crippen molar-refractivity contribution < 1.29 is 4.92 Å². The van der Waals surface area contributed by atoms with Gasteiger partial charge in [-0.2, -0.15) is 4.98 Å². The van der Waals surface area contributed by atoms with E-state index in [1.54, 1.807) is 0 Å². The van der Waals surface area contributed by atoms with Crippen molar-refractivity contribution in [1.29, 1.82) is 0 Å². The van der Waals surface area contributed by atoms with E-state index in [0.717, 1.165) is 6.20 Å². The molecule has 1 aromatic rings. The number of nitrogens with two attached hydrogens (primary N) is 1. The number of aromatic nitrogens is 2. The molecule has 3 N–H and O–H groups in total. The molecule has 0 radical (unpaired) electrons. The molecule has 1 heterocycles. The van der Waals surface area contributed by atoms with Crippen molar-refractivity contribution in [3.8, 4) is 0 Å². The maximum Gasteiger partial charge on any atom is 0.329 e. The van der Waals surface area contributed by atoms with Crippen LogP contribution in [0.3, 0.4) is 0 Å². The molecular formula is C9H15N5O2. The third-order valence-electron chi connectivity index (χ3n) is 2.35. The van der Waals surface area contributed by atoms with Gasteiger partial charge in [0.1, 0.15) is 6.20 Å². The van der Waals surface area contributed by atoms with Crippen molar-refractivity contribution in [2.75, 3.05) is 11.1 Å². The molecule has 16 heavy (non-hydrogen) atoms. The minimum Gasteiger partial charge on any atom is -0.368 e. The largest absolute Gasteiger partial charge is 0.368 e. The second-order valence-electron chi connectivity index (χ2n) is 3.90. The topological polar surface area (TPSA) is 107 Å². The third kappa shape index (κ3) is 2.78. The lowest BCUT2D eigenvalue weighted by Gasteiger charge is -2.17. The molecule has 1 atom stereocenters. The smallest absolute Gasteiger partial charge is 0.329 e. The van der Waals surface area contributed by atoms with Crippen molar-refractivity contribution in [3.05, 3.63) is 16.3 Å². The molecule has 0 saturated heterocycles. The zero-order chi connectivity index (χ0) is 12.3. The molecule has 0 aliphatic carbocycles. The van der Waals surface area contributed by atoms with Gasteiger partial charge < -0.3 is 11.1 Å². The first kappa shape index (κ1) is 12.2. The lowest BCUT2D eigenvalue weighted by atomic mass is 10.1. The molecule has 0 fully saturated rings. The summed E-state index contributed by atoms with van der Waals surface area (Å²) in [6.07, 6.45) is 1.11. The molecule has 0 bridgehead atoms. The quantitative estimate of drug-likeness (QED) is 0.592. The molecule has 1 unspecified atom stereocenters. The summed E-state index contributed by atoms with van der Waals surface area (Å²) in [6.45, 7) is 5.94. The van der Waals surface area contributed by atoms with E-state index in [1.165, 1.54) is 0 Å². The van der Waals surface area contributed by atoms with E-state index in [4.69, 9.17) is 5.73 Å². The van der Waals surface area contributed by atoms with Crippen molar-refractivity contribution in [1.82, 2.24) is 9.97 Å². The Morgan fingerprint density at radius 2 is 2.12 bits per heavy atom. The Morgan fingerprint density at radius 1 is 1.50 bits per heavy atom. The Labute approximate surface area is 93.2 Å². The standard InChI is InChI=1S/C9H15N5O2/c1-5(2)6(3)12-8-7(14(15)16)4-11-9(10)13-8/h4-6H,1-3H3,(H3,10,11,12,13). The molecule has 1 rings (SSSR count). The minimum absolute atomic E-state index is 0.0176. The molecule has 0 spiro atoms. The van der Waals surface area contributed by atoms with Gasteiger partial charge >= 0.3 is 5.69 Å². The maximum atomic E-state index is 10.7. The monoisotopic (exact) mass is 225 g/mol. The maximum absolute atomic E-state index is 10.7. The summed E-state index contributed by atoms with van der Waals surface area (Å²) >= 11 is 0. The number of nitro groups is 1. The first-order valence-electron chi connectivity index (χ1n) is 4.95. The van der Waals surface area contributed by atoms with E-state index >= 15 is 0 Å². The van der Waals surface area contributed by atoms with Crippen LogP contribution < -0.4 is 11.1 Å². The van der Waals surface area contributed by atoms with Crippen LogP contribution in [0.1, 0.15) is 20.8 Å². The van der Waals surface area contributed by atoms with Crippen molar-refractivity contribution in [2.24, 2.45) is 5.92 Å². The van der Waals surface area contributed by atoms with Crippen LogP contribution in [0.2, 0.25) is 0 Å². The average molecular weight is 225 g/mol. The summed E-state index contributed by atoms with van der Waals surface area (Å²) in [4.78, 5) is 17.6. The zero-order valence-electron chi connectivity index (χ0n) is 9.47. The van der Waals surface area contributed by atoms with Crippen LogP contribution >= 0.6 is 0 Å². The summed E-state index contributed by atoms with van der Waals surface area (Å²) in [6, 6.07) is 0.0630. The summed E-state index contributed by atoms with van der Waals surface area (Å²) in [5.74, 6) is 0.513. The molecule has 7 heteroatoms. The molecule has 0 amide bonds. The number of nitrogens with zero attached hydrogens (tertiary/aromatic N) is 3. The number of hydrogen-bond donors (Lipinski definition) is 2. The van der Waals surface area contributed by atoms with Crippen LogP contribution in [-0.4, -0.2) is 20.9 Å². The second-order valence-corrected chi connectivity index (χ2v) is 3.90. The van der Waals surface area contributed by atoms with E-state index < -0.39 is 4.92 Å². The van der Waals surface area contributed by atoms with Gasteiger partial charge in [0, 0.05) is 6.04 Å². The molecular weight excluding hydrogens is 210 g/mol. The van der Waals surface area contributed by atoms with Gasteiger partial charge in [0.2, 0.25) is 11.8 Å². The van der Waals surface area contributed by atoms with Crippen LogP contribution in [0.25, 0.3) is 0 Å². The molecule has 1 aromatic heterocycles. The molecule has 7 nitrogen and oxygen atoms in total. The SMILES string of the molecule is CC(C)C(C)Nc1nc(N)ncc1[N+](=O)[O-]. The van der Waals surface area contributed by atoms with Crippen molar-refractivity contribution in [2.45, 2.75) is 26.8 Å². The Hall–Kier alpha value is -1.92. The second kappa shape index (κ2) is 4.73. The van der Waals surface area contributed by atoms with Crippen LogP contribution in [0.4, 0.5) is 17.5 Å². The van der Waals surface area contributed by atoms with Crippen LogP contribution in [0.5, 0.6) is 0 Å². The predicted molar refractivity (Wildman–Crippen MR) is 61.0 cm³/mol. The lowest BCUT2D eigenvalue weighted by Crippen LogP contribution is -2.23. The number of nitrogens with one attached hydrogen (secondary N) is 1. The summed E-state index contributed by atoms with van der Waals surface area (Å²) in [5.41, 5.74) is 5.23. The third-order valence-corrected chi connectivity index (χ3v) is 2.35. The zero-order valence-corrected chi connectivity index (χ0v) is 9.47. The van der Waals surface area contributed by atoms with Crippen LogP contribution in [-0.2, 0) is 0 Å². The highest BCUT2D eigenvalue weighted by molar-refractivity contribution is 5.56. The highest BCUT2D eigenvalue weighted by atomic mass is 16.6. The number of anilines is 2. The van der Waals surface area contributed by atoms with Gasteiger partial charge in [-0.25, -0.2) is 4.98 Å². The van der Waals surface area contributed by atoms with Gasteiger partial charge in [0.25, 0.3) is 0 Å². The van der Waals surface area contributed by atoms with Crippen LogP contribution in [0, 0.1) is 16.0 Å². The average Bonchev–Trinajstić information content (AvgIpc) is 2.16. The minimum atomic E-state index is -0.533. The molecule has 0 aromatic carbocycles. The molecule has 0 saturated carbocycles. The highest BCUT2D eigenvalue weighted by Crippen LogP contribution is 2.22. The first-order chi connectivity index (χ1) is 7.41. The predicted octanol–water partition coefficient (Wildman–Crippen LogP) is 1.42. The fraction of sp³-hybridized carbons (Fsp3) is 0.556. The Bertz CT molecular complexity index is 393. The first-order valence-corrected chi connectivity index (χ1v) is 4.95. The summed E-state index contributed by atoms with van der Waals surface area (Å²) < 4.78 is 0. The van der Waals surface area contributed by atoms with Crippen LogP contribution in [0.15, 0.2) is 6.20 Å². The van der Waals surface area contributed by atoms with Gasteiger partial charge in [-0.15, -0.1) is 0 Å². The highest BCUT2D eigenvalue weighted by Gasteiger charge is 2.19. The van der Waals surface area contributed by atoms with E-state index in [1.807, 2.05) is 20.8 Å². The Morgan fingerprint density at radius 3 is 2.62 bits per heavy atom. The fourth-order valence-corrected chi connectivity index (χ4v) is 1.01. The van der Waals surface area contributed by atoms with E-state index in [0.29, 0.717) is 5.92 Å².